The number of methoxy groups -OCH3 is 1. The number of rotatable bonds is 9. The van der Waals surface area contributed by atoms with Crippen LogP contribution >= 0.6 is 0 Å². The second-order valence-corrected chi connectivity index (χ2v) is 6.11. The van der Waals surface area contributed by atoms with Crippen LogP contribution in [0.5, 0.6) is 5.75 Å². The van der Waals surface area contributed by atoms with E-state index >= 15 is 0 Å². The molecule has 0 heterocycles. The minimum Gasteiger partial charge on any atom is -0.489 e. The number of benzene rings is 2. The van der Waals surface area contributed by atoms with Crippen LogP contribution in [0, 0.1) is 6.92 Å². The number of hydrogen-bond donors (Lipinski definition) is 0. The largest absolute Gasteiger partial charge is 0.489 e. The molecule has 0 radical (unpaired) electrons. The number of para-hydroxylation sites is 1. The molecule has 0 spiro atoms. The Bertz CT molecular complexity index is 879. The van der Waals surface area contributed by atoms with E-state index in [2.05, 4.69) is 11.7 Å². The molecule has 1 amide bonds. The normalized spacial score (nSPS) is 11.0. The van der Waals surface area contributed by atoms with Crippen LogP contribution in [-0.2, 0) is 21.0 Å². The zero-order chi connectivity index (χ0) is 21.2. The third-order valence-electron chi connectivity index (χ3n) is 4.10. The standard InChI is InChI=1S/C22H26N2O5/c1-6-13-29-23-17(3)18-11-12-21(16(2)14-18)28-15-19-9-7-8-10-20(19)24(27-5)22(25)26-4/h6-12,14H,1,13,15H2,2-5H3. The molecule has 0 bridgehead atoms. The van der Waals surface area contributed by atoms with Crippen LogP contribution in [0.4, 0.5) is 10.5 Å². The molecule has 0 N–H and O–H groups in total. The Morgan fingerprint density at radius 3 is 2.62 bits per heavy atom. The van der Waals surface area contributed by atoms with Gasteiger partial charge in [-0.3, -0.25) is 4.84 Å². The van der Waals surface area contributed by atoms with Crippen LogP contribution in [0.15, 0.2) is 60.3 Å². The second-order valence-electron chi connectivity index (χ2n) is 6.11. The van der Waals surface area contributed by atoms with Gasteiger partial charge in [0.2, 0.25) is 0 Å². The predicted molar refractivity (Wildman–Crippen MR) is 112 cm³/mol. The number of carbonyl (C=O) groups is 1. The predicted octanol–water partition coefficient (Wildman–Crippen LogP) is 4.63. The van der Waals surface area contributed by atoms with E-state index < -0.39 is 6.09 Å². The van der Waals surface area contributed by atoms with E-state index in [0.29, 0.717) is 12.3 Å². The Morgan fingerprint density at radius 2 is 1.97 bits per heavy atom. The van der Waals surface area contributed by atoms with E-state index in [1.54, 1.807) is 12.1 Å². The first-order valence-electron chi connectivity index (χ1n) is 9.03. The van der Waals surface area contributed by atoms with Gasteiger partial charge in [0, 0.05) is 5.56 Å². The lowest BCUT2D eigenvalue weighted by molar-refractivity contribution is 0.115. The highest BCUT2D eigenvalue weighted by molar-refractivity contribution is 5.98. The minimum absolute atomic E-state index is 0.253. The number of ether oxygens (including phenoxy) is 2. The van der Waals surface area contributed by atoms with Crippen LogP contribution in [0.3, 0.4) is 0 Å². The fraction of sp³-hybridized carbons (Fsp3) is 0.273. The molecule has 7 nitrogen and oxygen atoms in total. The molecule has 0 aliphatic heterocycles. The molecule has 0 fully saturated rings. The average molecular weight is 398 g/mol. The van der Waals surface area contributed by atoms with Gasteiger partial charge in [-0.2, -0.15) is 5.06 Å². The van der Waals surface area contributed by atoms with Crippen LogP contribution in [-0.4, -0.2) is 32.6 Å². The van der Waals surface area contributed by atoms with Crippen molar-refractivity contribution in [1.82, 2.24) is 0 Å². The molecule has 0 unspecified atom stereocenters. The lowest BCUT2D eigenvalue weighted by Crippen LogP contribution is -2.30. The smallest absolute Gasteiger partial charge is 0.438 e. The summed E-state index contributed by atoms with van der Waals surface area (Å²) in [6, 6.07) is 13.1. The van der Waals surface area contributed by atoms with Crippen LogP contribution < -0.4 is 9.80 Å². The van der Waals surface area contributed by atoms with Crippen molar-refractivity contribution in [2.75, 3.05) is 25.9 Å². The van der Waals surface area contributed by atoms with Crippen molar-refractivity contribution in [3.63, 3.8) is 0 Å². The number of hydrogen-bond acceptors (Lipinski definition) is 6. The molecule has 0 aromatic heterocycles. The van der Waals surface area contributed by atoms with E-state index in [0.717, 1.165) is 33.2 Å². The molecular weight excluding hydrogens is 372 g/mol. The molecule has 2 aromatic rings. The Kier molecular flexibility index (Phi) is 8.24. The van der Waals surface area contributed by atoms with Gasteiger partial charge in [0.1, 0.15) is 19.0 Å². The molecule has 7 heteroatoms. The highest BCUT2D eigenvalue weighted by Gasteiger charge is 2.19. The van der Waals surface area contributed by atoms with Gasteiger partial charge >= 0.3 is 6.09 Å². The summed E-state index contributed by atoms with van der Waals surface area (Å²) in [7, 11) is 2.70. The summed E-state index contributed by atoms with van der Waals surface area (Å²) in [5.41, 5.74) is 3.99. The molecular formula is C22H26N2O5. The third kappa shape index (κ3) is 5.83. The molecule has 2 aromatic carbocycles. The molecule has 154 valence electrons. The number of amides is 1. The Labute approximate surface area is 171 Å². The number of oxime groups is 1. The van der Waals surface area contributed by atoms with Gasteiger partial charge in [0.15, 0.2) is 0 Å². The van der Waals surface area contributed by atoms with Gasteiger partial charge < -0.3 is 14.3 Å². The van der Waals surface area contributed by atoms with Crippen molar-refractivity contribution in [2.45, 2.75) is 20.5 Å². The van der Waals surface area contributed by atoms with Gasteiger partial charge in [-0.1, -0.05) is 36.0 Å². The highest BCUT2D eigenvalue weighted by atomic mass is 16.7. The summed E-state index contributed by atoms with van der Waals surface area (Å²) in [5.74, 6) is 0.727. The van der Waals surface area contributed by atoms with Gasteiger partial charge in [-0.25, -0.2) is 4.79 Å². The fourth-order valence-electron chi connectivity index (χ4n) is 2.62. The maximum absolute atomic E-state index is 11.9. The first-order valence-corrected chi connectivity index (χ1v) is 9.03. The van der Waals surface area contributed by atoms with Crippen molar-refractivity contribution in [3.05, 3.63) is 71.8 Å². The van der Waals surface area contributed by atoms with E-state index in [1.807, 2.05) is 50.2 Å². The van der Waals surface area contributed by atoms with Crippen molar-refractivity contribution < 1.29 is 23.9 Å². The topological polar surface area (TPSA) is 69.6 Å². The van der Waals surface area contributed by atoms with Crippen LogP contribution in [0.1, 0.15) is 23.6 Å². The number of nitrogens with zero attached hydrogens (tertiary/aromatic N) is 2. The molecule has 0 aliphatic rings. The van der Waals surface area contributed by atoms with Gasteiger partial charge in [-0.15, -0.1) is 0 Å². The zero-order valence-electron chi connectivity index (χ0n) is 17.2. The summed E-state index contributed by atoms with van der Waals surface area (Å²) >= 11 is 0. The first-order chi connectivity index (χ1) is 14.0. The molecule has 0 saturated carbocycles. The second kappa shape index (κ2) is 10.9. The maximum atomic E-state index is 11.9. The van der Waals surface area contributed by atoms with E-state index in [1.165, 1.54) is 14.2 Å². The summed E-state index contributed by atoms with van der Waals surface area (Å²) < 4.78 is 10.7. The van der Waals surface area contributed by atoms with Crippen LogP contribution in [0.2, 0.25) is 0 Å². The third-order valence-corrected chi connectivity index (χ3v) is 4.10. The van der Waals surface area contributed by atoms with Crippen LogP contribution in [0.25, 0.3) is 0 Å². The zero-order valence-corrected chi connectivity index (χ0v) is 17.2. The van der Waals surface area contributed by atoms with Crippen molar-refractivity contribution in [3.8, 4) is 5.75 Å². The quantitative estimate of drug-likeness (QED) is 0.266. The number of hydroxylamine groups is 1. The fourth-order valence-corrected chi connectivity index (χ4v) is 2.62. The maximum Gasteiger partial charge on any atom is 0.438 e. The van der Waals surface area contributed by atoms with E-state index in [9.17, 15) is 4.79 Å². The molecule has 2 rings (SSSR count). The summed E-state index contributed by atoms with van der Waals surface area (Å²) in [5, 5.41) is 5.14. The SMILES string of the molecule is C=CCON=C(C)c1ccc(OCc2ccccc2N(OC)C(=O)OC)c(C)c1. The van der Waals surface area contributed by atoms with Crippen molar-refractivity contribution in [1.29, 1.82) is 0 Å². The van der Waals surface area contributed by atoms with Gasteiger partial charge in [-0.05, 0) is 49.2 Å². The summed E-state index contributed by atoms with van der Waals surface area (Å²) in [6.07, 6.45) is 1.02. The lowest BCUT2D eigenvalue weighted by Gasteiger charge is -2.21. The molecule has 0 atom stereocenters. The van der Waals surface area contributed by atoms with E-state index in [4.69, 9.17) is 19.1 Å². The van der Waals surface area contributed by atoms with Gasteiger partial charge in [0.25, 0.3) is 0 Å². The molecule has 0 saturated heterocycles. The number of aryl methyl sites for hydroxylation is 1. The molecule has 0 aliphatic carbocycles. The Balaban J connectivity index is 2.16. The minimum atomic E-state index is -0.617. The average Bonchev–Trinajstić information content (AvgIpc) is 2.74. The Hall–Kier alpha value is -3.32. The van der Waals surface area contributed by atoms with Crippen molar-refractivity contribution in [2.24, 2.45) is 5.16 Å². The number of carbonyl (C=O) groups excluding carboxylic acids is 1. The molecule has 29 heavy (non-hydrogen) atoms. The van der Waals surface area contributed by atoms with Crippen molar-refractivity contribution >= 4 is 17.5 Å². The monoisotopic (exact) mass is 398 g/mol. The van der Waals surface area contributed by atoms with Gasteiger partial charge in [0.05, 0.1) is 25.6 Å². The first kappa shape index (κ1) is 22.0. The Morgan fingerprint density at radius 1 is 1.21 bits per heavy atom. The summed E-state index contributed by atoms with van der Waals surface area (Å²) in [4.78, 5) is 22.2. The number of anilines is 1. The van der Waals surface area contributed by atoms with E-state index in [-0.39, 0.29) is 6.61 Å². The summed E-state index contributed by atoms with van der Waals surface area (Å²) in [6.45, 7) is 8.04. The lowest BCUT2D eigenvalue weighted by atomic mass is 10.1. The highest BCUT2D eigenvalue weighted by Crippen LogP contribution is 2.25.